The van der Waals surface area contributed by atoms with Crippen molar-refractivity contribution in [2.45, 2.75) is 17.5 Å². The number of nitrogens with two attached hydrogens (primary N) is 2. The summed E-state index contributed by atoms with van der Waals surface area (Å²) in [4.78, 5) is 0.944. The van der Waals surface area contributed by atoms with Gasteiger partial charge in [-0.15, -0.1) is 12.6 Å². The molecule has 0 amide bonds. The van der Waals surface area contributed by atoms with Crippen LogP contribution in [0.2, 0.25) is 10.0 Å². The molecule has 0 saturated heterocycles. The van der Waals surface area contributed by atoms with Gasteiger partial charge < -0.3 is 16.2 Å². The molecule has 7 heteroatoms. The molecule has 0 aliphatic heterocycles. The maximum absolute atomic E-state index is 6.29. The van der Waals surface area contributed by atoms with Crippen molar-refractivity contribution in [3.8, 4) is 5.75 Å². The van der Waals surface area contributed by atoms with Crippen LogP contribution in [0.3, 0.4) is 0 Å². The van der Waals surface area contributed by atoms with Gasteiger partial charge in [-0.2, -0.15) is 0 Å². The molecule has 1 atom stereocenters. The molecule has 4 nitrogen and oxygen atoms in total. The topological polar surface area (TPSA) is 73.3 Å². The second-order valence-electron chi connectivity index (χ2n) is 5.46. The molecule has 1 unspecified atom stereocenters. The zero-order valence-electron chi connectivity index (χ0n) is 13.8. The van der Waals surface area contributed by atoms with Crippen LogP contribution >= 0.6 is 35.8 Å². The Morgan fingerprint density at radius 2 is 1.92 bits per heavy atom. The Balaban J connectivity index is 1.98. The van der Waals surface area contributed by atoms with Crippen LogP contribution in [0.4, 0.5) is 0 Å². The van der Waals surface area contributed by atoms with Crippen LogP contribution in [0.1, 0.15) is 11.1 Å². The van der Waals surface area contributed by atoms with Gasteiger partial charge in [0, 0.05) is 22.7 Å². The first-order chi connectivity index (χ1) is 11.9. The molecule has 134 valence electrons. The van der Waals surface area contributed by atoms with Crippen molar-refractivity contribution in [1.29, 1.82) is 0 Å². The molecule has 0 spiro atoms. The maximum Gasteiger partial charge on any atom is 0.156 e. The third-order valence-electron chi connectivity index (χ3n) is 3.65. The Kier molecular flexibility index (Phi) is 7.47. The number of hydrogen-bond donors (Lipinski definition) is 4. The third kappa shape index (κ3) is 5.56. The minimum absolute atomic E-state index is 0.364. The van der Waals surface area contributed by atoms with Crippen LogP contribution in [0.25, 0.3) is 5.70 Å². The van der Waals surface area contributed by atoms with Gasteiger partial charge in [-0.25, -0.2) is 0 Å². The van der Waals surface area contributed by atoms with Gasteiger partial charge in [-0.3, -0.25) is 5.32 Å². The van der Waals surface area contributed by atoms with Crippen LogP contribution in [-0.2, 0) is 6.42 Å². The molecule has 0 radical (unpaired) electrons. The van der Waals surface area contributed by atoms with E-state index in [4.69, 9.17) is 39.4 Å². The van der Waals surface area contributed by atoms with Crippen molar-refractivity contribution >= 4 is 41.5 Å². The molecule has 2 rings (SSSR count). The number of nitrogens with one attached hydrogen (secondary N) is 1. The van der Waals surface area contributed by atoms with E-state index in [1.807, 2.05) is 24.3 Å². The first-order valence-electron chi connectivity index (χ1n) is 7.69. The zero-order chi connectivity index (χ0) is 18.4. The molecule has 0 saturated carbocycles. The first-order valence-corrected chi connectivity index (χ1v) is 8.89. The summed E-state index contributed by atoms with van der Waals surface area (Å²) >= 11 is 16.6. The highest BCUT2D eigenvalue weighted by molar-refractivity contribution is 7.80. The number of hydrogen-bond acceptors (Lipinski definition) is 5. The smallest absolute Gasteiger partial charge is 0.156 e. The molecule has 0 heterocycles. The van der Waals surface area contributed by atoms with Crippen LogP contribution in [-0.4, -0.2) is 19.8 Å². The summed E-state index contributed by atoms with van der Waals surface area (Å²) < 4.78 is 5.19. The van der Waals surface area contributed by atoms with E-state index in [2.05, 4.69) is 17.9 Å². The third-order valence-corrected chi connectivity index (χ3v) is 4.62. The first kappa shape index (κ1) is 19.9. The Morgan fingerprint density at radius 3 is 2.56 bits per heavy atom. The van der Waals surface area contributed by atoms with Crippen molar-refractivity contribution in [1.82, 2.24) is 5.32 Å². The van der Waals surface area contributed by atoms with Gasteiger partial charge in [-0.05, 0) is 42.3 Å². The van der Waals surface area contributed by atoms with E-state index in [0.29, 0.717) is 33.6 Å². The van der Waals surface area contributed by atoms with E-state index >= 15 is 0 Å². The van der Waals surface area contributed by atoms with E-state index in [-0.39, 0.29) is 0 Å². The van der Waals surface area contributed by atoms with Gasteiger partial charge in [0.1, 0.15) is 0 Å². The van der Waals surface area contributed by atoms with Crippen LogP contribution in [0.15, 0.2) is 47.4 Å². The molecule has 2 aromatic rings. The normalized spacial score (nSPS) is 12.9. The van der Waals surface area contributed by atoms with E-state index in [1.165, 1.54) is 12.7 Å². The van der Waals surface area contributed by atoms with Gasteiger partial charge in [0.2, 0.25) is 0 Å². The summed E-state index contributed by atoms with van der Waals surface area (Å²) in [6.45, 7) is 0.717. The number of benzene rings is 2. The molecule has 0 aliphatic rings. The monoisotopic (exact) mass is 397 g/mol. The minimum atomic E-state index is -0.401. The highest BCUT2D eigenvalue weighted by atomic mass is 35.5. The predicted molar refractivity (Wildman–Crippen MR) is 109 cm³/mol. The number of halogens is 2. The highest BCUT2D eigenvalue weighted by Crippen LogP contribution is 2.37. The summed E-state index contributed by atoms with van der Waals surface area (Å²) in [5.41, 5.74) is 14.5. The standard InChI is InChI=1S/C18H21Cl2N3OS/c1-24-18-14(19)7-6-13(17(18)20)15(21)10-16(22)23-9-8-11-2-4-12(25)5-3-11/h2-7,10,16,23,25H,8-9,21-22H2,1H3/b15-10-. The summed E-state index contributed by atoms with van der Waals surface area (Å²) in [5, 5.41) is 4.00. The molecular formula is C18H21Cl2N3OS. The summed E-state index contributed by atoms with van der Waals surface area (Å²) in [6, 6.07) is 11.4. The van der Waals surface area contributed by atoms with Crippen LogP contribution < -0.4 is 21.5 Å². The lowest BCUT2D eigenvalue weighted by Crippen LogP contribution is -2.37. The molecular weight excluding hydrogens is 377 g/mol. The zero-order valence-corrected chi connectivity index (χ0v) is 16.2. The molecule has 0 bridgehead atoms. The Hall–Kier alpha value is -1.37. The van der Waals surface area contributed by atoms with E-state index < -0.39 is 6.17 Å². The lowest BCUT2D eigenvalue weighted by molar-refractivity contribution is 0.415. The van der Waals surface area contributed by atoms with Crippen molar-refractivity contribution in [3.63, 3.8) is 0 Å². The molecule has 25 heavy (non-hydrogen) atoms. The summed E-state index contributed by atoms with van der Waals surface area (Å²) in [7, 11) is 1.50. The number of thiol groups is 1. The van der Waals surface area contributed by atoms with Crippen LogP contribution in [0.5, 0.6) is 5.75 Å². The maximum atomic E-state index is 6.29. The van der Waals surface area contributed by atoms with Gasteiger partial charge >= 0.3 is 0 Å². The Labute approximate surface area is 163 Å². The Morgan fingerprint density at radius 1 is 1.24 bits per heavy atom. The molecule has 0 fully saturated rings. The Bertz CT molecular complexity index is 751. The average molecular weight is 398 g/mol. The van der Waals surface area contributed by atoms with Crippen molar-refractivity contribution in [3.05, 3.63) is 63.6 Å². The van der Waals surface area contributed by atoms with Gasteiger partial charge in [0.05, 0.1) is 23.3 Å². The van der Waals surface area contributed by atoms with Gasteiger partial charge in [0.25, 0.3) is 0 Å². The SMILES string of the molecule is COc1c(Cl)ccc(/C(N)=C/C(N)NCCc2ccc(S)cc2)c1Cl. The molecule has 2 aromatic carbocycles. The lowest BCUT2D eigenvalue weighted by atomic mass is 10.1. The quantitative estimate of drug-likeness (QED) is 0.424. The fourth-order valence-corrected chi connectivity index (χ4v) is 3.11. The van der Waals surface area contributed by atoms with Crippen molar-refractivity contribution in [2.75, 3.05) is 13.7 Å². The fraction of sp³-hybridized carbons (Fsp3) is 0.222. The summed E-state index contributed by atoms with van der Waals surface area (Å²) in [6.07, 6.45) is 2.16. The van der Waals surface area contributed by atoms with E-state index in [1.54, 1.807) is 18.2 Å². The molecule has 5 N–H and O–H groups in total. The number of methoxy groups -OCH3 is 1. The summed E-state index contributed by atoms with van der Waals surface area (Å²) in [5.74, 6) is 0.395. The second kappa shape index (κ2) is 9.36. The minimum Gasteiger partial charge on any atom is -0.494 e. The van der Waals surface area contributed by atoms with E-state index in [0.717, 1.165) is 11.3 Å². The molecule has 0 aliphatic carbocycles. The predicted octanol–water partition coefficient (Wildman–Crippen LogP) is 3.71. The second-order valence-corrected chi connectivity index (χ2v) is 6.76. The van der Waals surface area contributed by atoms with Gasteiger partial charge in [-0.1, -0.05) is 35.3 Å². The van der Waals surface area contributed by atoms with Crippen molar-refractivity contribution in [2.24, 2.45) is 11.5 Å². The van der Waals surface area contributed by atoms with Crippen LogP contribution in [0, 0.1) is 0 Å². The molecule has 0 aromatic heterocycles. The number of ether oxygens (including phenoxy) is 1. The number of rotatable bonds is 7. The average Bonchev–Trinajstić information content (AvgIpc) is 2.57. The van der Waals surface area contributed by atoms with Crippen molar-refractivity contribution < 1.29 is 4.74 Å². The lowest BCUT2D eigenvalue weighted by Gasteiger charge is -2.14. The largest absolute Gasteiger partial charge is 0.494 e. The highest BCUT2D eigenvalue weighted by Gasteiger charge is 2.13. The fourth-order valence-electron chi connectivity index (χ4n) is 2.33. The van der Waals surface area contributed by atoms with Gasteiger partial charge in [0.15, 0.2) is 5.75 Å². The van der Waals surface area contributed by atoms with E-state index in [9.17, 15) is 0 Å².